The van der Waals surface area contributed by atoms with Crippen molar-refractivity contribution >= 4 is 28.7 Å². The largest absolute Gasteiger partial charge is 0.488 e. The summed E-state index contributed by atoms with van der Waals surface area (Å²) < 4.78 is 17.8. The predicted octanol–water partition coefficient (Wildman–Crippen LogP) is 5.81. The molecule has 1 atom stereocenters. The Morgan fingerprint density at radius 1 is 1.09 bits per heavy atom. The van der Waals surface area contributed by atoms with Crippen LogP contribution < -0.4 is 14.8 Å². The molecule has 0 radical (unpaired) electrons. The van der Waals surface area contributed by atoms with Gasteiger partial charge in [-0.15, -0.1) is 0 Å². The second-order valence-corrected chi connectivity index (χ2v) is 10.8. The molecule has 5 rings (SSSR count). The number of nitrogens with zero attached hydrogens (tertiary/aromatic N) is 3. The zero-order valence-electron chi connectivity index (χ0n) is 24.0. The van der Waals surface area contributed by atoms with E-state index in [1.807, 2.05) is 43.3 Å². The van der Waals surface area contributed by atoms with Crippen molar-refractivity contribution in [3.05, 3.63) is 106 Å². The summed E-state index contributed by atoms with van der Waals surface area (Å²) in [7, 11) is 0. The van der Waals surface area contributed by atoms with Gasteiger partial charge >= 0.3 is 5.97 Å². The number of rotatable bonds is 12. The number of benzene rings is 3. The standard InChI is InChI=1S/C33H29ClN4O6/c1-20-24(4-3-5-26(20)23-6-7-28-31(10-23)44-19-37-28)17-43-30-11-29(42-16-22-8-21(12-35)13-36-14-22)25(9-27(30)34)15-38-33(2,18-39)32(40)41/h3-11,13-14,19,38-39H,15-18H2,1-2H3,(H,40,41). The highest BCUT2D eigenvalue weighted by Gasteiger charge is 2.32. The maximum absolute atomic E-state index is 11.7. The second kappa shape index (κ2) is 13.1. The number of ether oxygens (including phenoxy) is 2. The van der Waals surface area contributed by atoms with Crippen molar-refractivity contribution in [2.45, 2.75) is 39.1 Å². The lowest BCUT2D eigenvalue weighted by atomic mass is 9.96. The first-order chi connectivity index (χ1) is 21.2. The topological polar surface area (TPSA) is 151 Å². The van der Waals surface area contributed by atoms with Crippen molar-refractivity contribution in [1.82, 2.24) is 15.3 Å². The molecule has 224 valence electrons. The third-order valence-electron chi connectivity index (χ3n) is 7.36. The van der Waals surface area contributed by atoms with Crippen molar-refractivity contribution in [3.8, 4) is 28.7 Å². The summed E-state index contributed by atoms with van der Waals surface area (Å²) >= 11 is 6.65. The van der Waals surface area contributed by atoms with Crippen LogP contribution in [0.4, 0.5) is 0 Å². The Bertz CT molecular complexity index is 1870. The number of oxazole rings is 1. The summed E-state index contributed by atoms with van der Waals surface area (Å²) in [5, 5.41) is 31.6. The first kappa shape index (κ1) is 30.5. The van der Waals surface area contributed by atoms with Crippen molar-refractivity contribution in [2.75, 3.05) is 6.61 Å². The van der Waals surface area contributed by atoms with Gasteiger partial charge in [0.1, 0.15) is 41.8 Å². The lowest BCUT2D eigenvalue weighted by molar-refractivity contribution is -0.145. The fourth-order valence-corrected chi connectivity index (χ4v) is 4.81. The number of aromatic nitrogens is 2. The molecule has 0 saturated carbocycles. The first-order valence-corrected chi connectivity index (χ1v) is 14.0. The molecule has 2 heterocycles. The smallest absolute Gasteiger partial charge is 0.326 e. The van der Waals surface area contributed by atoms with E-state index in [1.54, 1.807) is 24.4 Å². The minimum absolute atomic E-state index is 0.0336. The van der Waals surface area contributed by atoms with Gasteiger partial charge in [-0.1, -0.05) is 35.9 Å². The molecule has 0 aliphatic heterocycles. The highest BCUT2D eigenvalue weighted by Crippen LogP contribution is 2.35. The molecule has 0 amide bonds. The summed E-state index contributed by atoms with van der Waals surface area (Å²) in [6.45, 7) is 3.12. The summed E-state index contributed by atoms with van der Waals surface area (Å²) in [4.78, 5) is 20.0. The minimum Gasteiger partial charge on any atom is -0.488 e. The molecule has 0 bridgehead atoms. The van der Waals surface area contributed by atoms with E-state index in [0.29, 0.717) is 38.8 Å². The number of hydrogen-bond acceptors (Lipinski definition) is 9. The maximum Gasteiger partial charge on any atom is 0.326 e. The third kappa shape index (κ3) is 6.66. The number of aliphatic hydroxyl groups is 1. The number of aliphatic carboxylic acids is 1. The van der Waals surface area contributed by atoms with Gasteiger partial charge in [-0.25, -0.2) is 4.98 Å². The number of halogens is 1. The normalized spacial score (nSPS) is 12.4. The molecule has 0 aliphatic rings. The van der Waals surface area contributed by atoms with Crippen molar-refractivity contribution in [1.29, 1.82) is 5.26 Å². The Balaban J connectivity index is 1.40. The van der Waals surface area contributed by atoms with E-state index in [-0.39, 0.29) is 19.8 Å². The van der Waals surface area contributed by atoms with Crippen LogP contribution in [0.2, 0.25) is 5.02 Å². The Hall–Kier alpha value is -4.95. The molecule has 10 nitrogen and oxygen atoms in total. The molecule has 11 heteroatoms. The van der Waals surface area contributed by atoms with Gasteiger partial charge in [0.15, 0.2) is 12.0 Å². The molecule has 3 aromatic carbocycles. The van der Waals surface area contributed by atoms with E-state index in [2.05, 4.69) is 21.4 Å². The Kier molecular flexibility index (Phi) is 9.11. The van der Waals surface area contributed by atoms with E-state index >= 15 is 0 Å². The zero-order chi connectivity index (χ0) is 31.3. The van der Waals surface area contributed by atoms with Crippen molar-refractivity contribution < 1.29 is 28.9 Å². The van der Waals surface area contributed by atoms with Gasteiger partial charge in [0, 0.05) is 36.1 Å². The highest BCUT2D eigenvalue weighted by atomic mass is 35.5. The molecule has 44 heavy (non-hydrogen) atoms. The molecule has 3 N–H and O–H groups in total. The number of fused-ring (bicyclic) bond motifs is 1. The van der Waals surface area contributed by atoms with Crippen molar-refractivity contribution in [3.63, 3.8) is 0 Å². The Labute approximate surface area is 258 Å². The van der Waals surface area contributed by atoms with Crippen LogP contribution in [-0.2, 0) is 24.6 Å². The van der Waals surface area contributed by atoms with Gasteiger partial charge < -0.3 is 24.1 Å². The van der Waals surface area contributed by atoms with Gasteiger partial charge in [-0.2, -0.15) is 5.26 Å². The lowest BCUT2D eigenvalue weighted by Crippen LogP contribution is -2.52. The van der Waals surface area contributed by atoms with Crippen LogP contribution in [0.5, 0.6) is 11.5 Å². The van der Waals surface area contributed by atoms with Gasteiger partial charge in [-0.3, -0.25) is 15.1 Å². The molecule has 5 aromatic rings. The van der Waals surface area contributed by atoms with E-state index in [1.165, 1.54) is 19.5 Å². The van der Waals surface area contributed by atoms with Crippen LogP contribution in [0.25, 0.3) is 22.2 Å². The second-order valence-electron chi connectivity index (χ2n) is 10.4. The summed E-state index contributed by atoms with van der Waals surface area (Å²) in [6.07, 6.45) is 4.47. The Morgan fingerprint density at radius 3 is 2.68 bits per heavy atom. The lowest BCUT2D eigenvalue weighted by Gasteiger charge is -2.25. The first-order valence-electron chi connectivity index (χ1n) is 13.6. The van der Waals surface area contributed by atoms with E-state index in [0.717, 1.165) is 27.8 Å². The minimum atomic E-state index is -1.58. The van der Waals surface area contributed by atoms with E-state index < -0.39 is 18.1 Å². The number of carbonyl (C=O) groups is 1. The third-order valence-corrected chi connectivity index (χ3v) is 7.66. The number of aliphatic hydroxyl groups excluding tert-OH is 1. The van der Waals surface area contributed by atoms with E-state index in [4.69, 9.17) is 25.5 Å². The van der Waals surface area contributed by atoms with Gasteiger partial charge in [-0.05, 0) is 60.4 Å². The Morgan fingerprint density at radius 2 is 1.91 bits per heavy atom. The number of hydrogen-bond donors (Lipinski definition) is 3. The maximum atomic E-state index is 11.7. The molecular weight excluding hydrogens is 584 g/mol. The molecule has 0 saturated heterocycles. The van der Waals surface area contributed by atoms with Crippen LogP contribution in [0, 0.1) is 18.3 Å². The summed E-state index contributed by atoms with van der Waals surface area (Å²) in [5.74, 6) is -0.451. The van der Waals surface area contributed by atoms with E-state index in [9.17, 15) is 20.3 Å². The van der Waals surface area contributed by atoms with Crippen LogP contribution >= 0.6 is 11.6 Å². The predicted molar refractivity (Wildman–Crippen MR) is 163 cm³/mol. The average Bonchev–Trinajstić information content (AvgIpc) is 3.51. The zero-order valence-corrected chi connectivity index (χ0v) is 24.8. The molecule has 0 fully saturated rings. The highest BCUT2D eigenvalue weighted by molar-refractivity contribution is 6.32. The molecule has 2 aromatic heterocycles. The molecule has 0 spiro atoms. The fourth-order valence-electron chi connectivity index (χ4n) is 4.57. The molecular formula is C33H29ClN4O6. The SMILES string of the molecule is Cc1c(COc2cc(OCc3cncc(C#N)c3)c(CNC(C)(CO)C(=O)O)cc2Cl)cccc1-c1ccc2ncoc2c1. The van der Waals surface area contributed by atoms with Crippen LogP contribution in [-0.4, -0.2) is 38.3 Å². The van der Waals surface area contributed by atoms with Crippen LogP contribution in [0.15, 0.2) is 77.8 Å². The van der Waals surface area contributed by atoms with Crippen LogP contribution in [0.1, 0.15) is 34.7 Å². The number of pyridine rings is 1. The van der Waals surface area contributed by atoms with Crippen LogP contribution in [0.3, 0.4) is 0 Å². The van der Waals surface area contributed by atoms with Crippen molar-refractivity contribution in [2.24, 2.45) is 0 Å². The van der Waals surface area contributed by atoms with Gasteiger partial charge in [0.2, 0.25) is 0 Å². The number of carboxylic acids is 1. The summed E-state index contributed by atoms with van der Waals surface area (Å²) in [5.41, 5.74) is 5.52. The number of carboxylic acid groups (broad SMARTS) is 1. The number of nitrogens with one attached hydrogen (secondary N) is 1. The fraction of sp³-hybridized carbons (Fsp3) is 0.212. The number of nitriles is 1. The molecule has 1 unspecified atom stereocenters. The average molecular weight is 613 g/mol. The molecule has 0 aliphatic carbocycles. The van der Waals surface area contributed by atoms with Gasteiger partial charge in [0.25, 0.3) is 0 Å². The summed E-state index contributed by atoms with van der Waals surface area (Å²) in [6, 6.07) is 18.8. The van der Waals surface area contributed by atoms with Gasteiger partial charge in [0.05, 0.1) is 17.2 Å². The monoisotopic (exact) mass is 612 g/mol. The quantitative estimate of drug-likeness (QED) is 0.157.